The Hall–Kier alpha value is -3.74. The van der Waals surface area contributed by atoms with Gasteiger partial charge in [-0.25, -0.2) is 9.59 Å². The van der Waals surface area contributed by atoms with Gasteiger partial charge in [0.2, 0.25) is 24.1 Å². The third kappa shape index (κ3) is 4.53. The summed E-state index contributed by atoms with van der Waals surface area (Å²) in [5.41, 5.74) is -2.40. The van der Waals surface area contributed by atoms with Crippen LogP contribution in [0.25, 0.3) is 32.7 Å². The topological polar surface area (TPSA) is 237 Å². The van der Waals surface area contributed by atoms with Crippen LogP contribution in [-0.4, -0.2) is 106 Å². The monoisotopic (exact) mass is 622 g/mol. The highest BCUT2D eigenvalue weighted by Crippen LogP contribution is 2.47. The van der Waals surface area contributed by atoms with Crippen molar-refractivity contribution in [1.82, 2.24) is 0 Å². The molecule has 4 heterocycles. The lowest BCUT2D eigenvalue weighted by molar-refractivity contribution is -0.268. The molecule has 0 bridgehead atoms. The number of methoxy groups -OCH3 is 2. The van der Waals surface area contributed by atoms with Crippen molar-refractivity contribution in [1.29, 1.82) is 0 Å². The van der Waals surface area contributed by atoms with E-state index in [2.05, 4.69) is 0 Å². The smallest absolute Gasteiger partial charge is 0.344 e. The summed E-state index contributed by atoms with van der Waals surface area (Å²) in [4.78, 5) is 26.8. The molecule has 238 valence electrons. The average molecular weight is 623 g/mol. The zero-order chi connectivity index (χ0) is 31.8. The number of aliphatic hydroxyl groups excluding tert-OH is 6. The van der Waals surface area contributed by atoms with Crippen molar-refractivity contribution in [2.24, 2.45) is 0 Å². The van der Waals surface area contributed by atoms with Crippen molar-refractivity contribution < 1.29 is 67.9 Å². The van der Waals surface area contributed by atoms with Gasteiger partial charge in [0.25, 0.3) is 0 Å². The van der Waals surface area contributed by atoms with Gasteiger partial charge < -0.3 is 67.9 Å². The Morgan fingerprint density at radius 2 is 1.05 bits per heavy atom. The zero-order valence-electron chi connectivity index (χ0n) is 23.7. The highest BCUT2D eigenvalue weighted by atomic mass is 16.7. The molecule has 0 aliphatic carbocycles. The summed E-state index contributed by atoms with van der Waals surface area (Å²) in [5, 5.41) is 61.5. The largest absolute Gasteiger partial charge is 0.493 e. The number of hydrogen-bond acceptors (Lipinski definition) is 16. The van der Waals surface area contributed by atoms with Gasteiger partial charge in [-0.3, -0.25) is 0 Å². The molecule has 44 heavy (non-hydrogen) atoms. The maximum absolute atomic E-state index is 13.5. The first kappa shape index (κ1) is 30.3. The minimum Gasteiger partial charge on any atom is -0.493 e. The number of ether oxygens (including phenoxy) is 6. The Morgan fingerprint density at radius 1 is 0.591 bits per heavy atom. The second-order valence-corrected chi connectivity index (χ2v) is 10.7. The van der Waals surface area contributed by atoms with Crippen LogP contribution < -0.4 is 30.2 Å². The Balaban J connectivity index is 1.55. The minimum absolute atomic E-state index is 0.0477. The quantitative estimate of drug-likeness (QED) is 0.111. The number of hydrogen-bond donors (Lipinski definition) is 6. The van der Waals surface area contributed by atoms with E-state index in [4.69, 9.17) is 37.3 Å². The fourth-order valence-corrected chi connectivity index (χ4v) is 5.55. The molecule has 0 amide bonds. The van der Waals surface area contributed by atoms with Crippen LogP contribution in [0.4, 0.5) is 0 Å². The molecule has 6 N–H and O–H groups in total. The first-order valence-electron chi connectivity index (χ1n) is 13.5. The zero-order valence-corrected chi connectivity index (χ0v) is 23.7. The first-order valence-corrected chi connectivity index (χ1v) is 13.5. The Bertz CT molecular complexity index is 1810. The molecule has 2 saturated heterocycles. The predicted octanol–water partition coefficient (Wildman–Crippen LogP) is -1.08. The summed E-state index contributed by atoms with van der Waals surface area (Å²) in [7, 11) is 2.49. The van der Waals surface area contributed by atoms with Gasteiger partial charge >= 0.3 is 11.3 Å². The fourth-order valence-electron chi connectivity index (χ4n) is 5.55. The van der Waals surface area contributed by atoms with Gasteiger partial charge in [0, 0.05) is 10.8 Å². The number of aliphatic hydroxyl groups is 6. The van der Waals surface area contributed by atoms with Crippen LogP contribution in [0.5, 0.6) is 23.0 Å². The van der Waals surface area contributed by atoms with Crippen molar-refractivity contribution in [3.63, 3.8) is 0 Å². The summed E-state index contributed by atoms with van der Waals surface area (Å²) >= 11 is 0. The third-order valence-corrected chi connectivity index (χ3v) is 8.00. The molecule has 2 aromatic heterocycles. The van der Waals surface area contributed by atoms with Gasteiger partial charge in [-0.05, 0) is 26.0 Å². The van der Waals surface area contributed by atoms with Crippen LogP contribution in [0.1, 0.15) is 13.8 Å². The van der Waals surface area contributed by atoms with Crippen molar-refractivity contribution in [3.05, 3.63) is 33.0 Å². The molecule has 16 nitrogen and oxygen atoms in total. The van der Waals surface area contributed by atoms with Crippen molar-refractivity contribution in [2.45, 2.75) is 75.3 Å². The summed E-state index contributed by atoms with van der Waals surface area (Å²) in [5.74, 6) is -0.763. The van der Waals surface area contributed by atoms with E-state index in [1.165, 1.54) is 40.2 Å². The van der Waals surface area contributed by atoms with Gasteiger partial charge in [-0.1, -0.05) is 0 Å². The maximum atomic E-state index is 13.5. The molecule has 2 aliphatic rings. The van der Waals surface area contributed by atoms with Crippen molar-refractivity contribution in [2.75, 3.05) is 14.2 Å². The van der Waals surface area contributed by atoms with Crippen molar-refractivity contribution in [3.8, 4) is 23.0 Å². The van der Waals surface area contributed by atoms with Crippen LogP contribution in [0.2, 0.25) is 0 Å². The molecule has 0 saturated carbocycles. The Kier molecular flexibility index (Phi) is 7.58. The molecule has 16 heteroatoms. The van der Waals surface area contributed by atoms with E-state index >= 15 is 0 Å². The Morgan fingerprint density at radius 3 is 1.52 bits per heavy atom. The minimum atomic E-state index is -1.72. The Labute approximate surface area is 246 Å². The molecule has 6 rings (SSSR count). The normalized spacial score (nSPS) is 32.8. The summed E-state index contributed by atoms with van der Waals surface area (Å²) in [6.07, 6.45) is -14.4. The highest BCUT2D eigenvalue weighted by Gasteiger charge is 2.45. The fraction of sp³-hybridized carbons (Fsp3) is 0.500. The number of benzene rings is 2. The summed E-state index contributed by atoms with van der Waals surface area (Å²) in [6.45, 7) is 2.91. The van der Waals surface area contributed by atoms with Gasteiger partial charge in [0.1, 0.15) is 36.6 Å². The summed E-state index contributed by atoms with van der Waals surface area (Å²) in [6, 6.07) is 2.48. The van der Waals surface area contributed by atoms with Crippen LogP contribution in [0, 0.1) is 0 Å². The van der Waals surface area contributed by atoms with E-state index in [1.54, 1.807) is 0 Å². The third-order valence-electron chi connectivity index (χ3n) is 8.00. The van der Waals surface area contributed by atoms with Gasteiger partial charge in [0.15, 0.2) is 22.7 Å². The van der Waals surface area contributed by atoms with Crippen LogP contribution in [-0.2, 0) is 9.47 Å². The lowest BCUT2D eigenvalue weighted by atomic mass is 9.99. The highest BCUT2D eigenvalue weighted by molar-refractivity contribution is 6.22. The molecular formula is C28H30O16. The summed E-state index contributed by atoms with van der Waals surface area (Å²) < 4.78 is 44.8. The van der Waals surface area contributed by atoms with E-state index in [0.717, 1.165) is 0 Å². The second kappa shape index (κ2) is 11.0. The molecule has 0 radical (unpaired) electrons. The maximum Gasteiger partial charge on any atom is 0.344 e. The second-order valence-electron chi connectivity index (χ2n) is 10.7. The molecule has 2 fully saturated rings. The predicted molar refractivity (Wildman–Crippen MR) is 146 cm³/mol. The van der Waals surface area contributed by atoms with Gasteiger partial charge in [-0.15, -0.1) is 0 Å². The molecule has 0 unspecified atom stereocenters. The van der Waals surface area contributed by atoms with E-state index < -0.39 is 72.7 Å². The molecule has 4 aromatic rings. The van der Waals surface area contributed by atoms with Gasteiger partial charge in [-0.2, -0.15) is 0 Å². The number of rotatable bonds is 6. The first-order chi connectivity index (χ1) is 20.9. The standard InChI is InChI=1S/C28H30O16/c1-7-15(29)17(31)19(33)27(39-7)41-12-6-10-13-14-9(25(35)42-23(13)21(12)38-4)5-11(37-3)22(24(14)43-26(10)36)44-28-20(34)18(32)16(30)8(2)40-28/h5-8,15-20,27-34H,1-4H3/t7-,8-,15-,16-,17+,18+,19+,20+,27-,28-/m0/s1. The lowest BCUT2D eigenvalue weighted by Gasteiger charge is -2.39. The van der Waals surface area contributed by atoms with Crippen LogP contribution >= 0.6 is 0 Å². The lowest BCUT2D eigenvalue weighted by Crippen LogP contribution is -2.58. The molecular weight excluding hydrogens is 592 g/mol. The SMILES string of the molecule is COc1cc2c(=O)oc3c(OC)c(O[C@@H]4O[C@@H](C)[C@H](O)[C@@H](O)[C@H]4O)cc4c(=O)oc(c1O[C@@H]1O[C@@H](C)[C@H](O)[C@@H](O)[C@H]1O)c2c34. The molecule has 10 atom stereocenters. The van der Waals surface area contributed by atoms with E-state index in [-0.39, 0.29) is 55.7 Å². The van der Waals surface area contributed by atoms with Crippen molar-refractivity contribution >= 4 is 32.7 Å². The van der Waals surface area contributed by atoms with E-state index in [9.17, 15) is 40.2 Å². The van der Waals surface area contributed by atoms with E-state index in [0.29, 0.717) is 0 Å². The average Bonchev–Trinajstić information content (AvgIpc) is 3.00. The van der Waals surface area contributed by atoms with Crippen LogP contribution in [0.3, 0.4) is 0 Å². The molecule has 2 aliphatic heterocycles. The van der Waals surface area contributed by atoms with E-state index in [1.807, 2.05) is 0 Å². The molecule has 0 spiro atoms. The molecule has 2 aromatic carbocycles. The van der Waals surface area contributed by atoms with Crippen LogP contribution in [0.15, 0.2) is 30.6 Å². The van der Waals surface area contributed by atoms with Gasteiger partial charge in [0.05, 0.1) is 37.2 Å².